The van der Waals surface area contributed by atoms with Gasteiger partial charge in [-0.3, -0.25) is 0 Å². The summed E-state index contributed by atoms with van der Waals surface area (Å²) in [6.07, 6.45) is 0. The van der Waals surface area contributed by atoms with E-state index in [4.69, 9.17) is 0 Å². The summed E-state index contributed by atoms with van der Waals surface area (Å²) >= 11 is 0. The largest absolute Gasteiger partial charge is 0.381 e. The van der Waals surface area contributed by atoms with Crippen molar-refractivity contribution >= 4 is 27.2 Å². The minimum absolute atomic E-state index is 0.174. The van der Waals surface area contributed by atoms with Crippen LogP contribution in [0.25, 0.3) is 21.5 Å². The highest BCUT2D eigenvalue weighted by molar-refractivity contribution is 5.99. The molecule has 0 saturated heterocycles. The van der Waals surface area contributed by atoms with Gasteiger partial charge in [-0.25, -0.2) is 4.39 Å². The van der Waals surface area contributed by atoms with Crippen LogP contribution in [0, 0.1) is 5.82 Å². The van der Waals surface area contributed by atoms with E-state index < -0.39 is 0 Å². The van der Waals surface area contributed by atoms with Crippen molar-refractivity contribution in [3.8, 4) is 0 Å². The zero-order valence-corrected chi connectivity index (χ0v) is 12.6. The zero-order valence-electron chi connectivity index (χ0n) is 12.6. The van der Waals surface area contributed by atoms with Gasteiger partial charge >= 0.3 is 0 Å². The Balaban J connectivity index is 1.65. The lowest BCUT2D eigenvalue weighted by molar-refractivity contribution is 0.613. The molecule has 0 aromatic heterocycles. The fourth-order valence-electron chi connectivity index (χ4n) is 2.89. The highest BCUT2D eigenvalue weighted by atomic mass is 19.1. The molecule has 0 aliphatic rings. The summed E-state index contributed by atoms with van der Waals surface area (Å²) in [4.78, 5) is 0. The maximum absolute atomic E-state index is 13.7. The molecule has 2 heteroatoms. The molecule has 4 aromatic carbocycles. The molecule has 4 aromatic rings. The van der Waals surface area contributed by atoms with Crippen LogP contribution in [-0.2, 0) is 6.54 Å². The van der Waals surface area contributed by atoms with Gasteiger partial charge in [-0.2, -0.15) is 0 Å². The van der Waals surface area contributed by atoms with E-state index >= 15 is 0 Å². The molecule has 0 radical (unpaired) electrons. The maximum atomic E-state index is 13.7. The van der Waals surface area contributed by atoms with Crippen LogP contribution in [-0.4, -0.2) is 0 Å². The summed E-state index contributed by atoms with van der Waals surface area (Å²) < 4.78 is 13.7. The first-order valence-corrected chi connectivity index (χ1v) is 7.69. The topological polar surface area (TPSA) is 12.0 Å². The quantitative estimate of drug-likeness (QED) is 0.475. The van der Waals surface area contributed by atoms with Gasteiger partial charge in [0, 0.05) is 17.8 Å². The predicted molar refractivity (Wildman–Crippen MR) is 95.2 cm³/mol. The second kappa shape index (κ2) is 5.73. The minimum atomic E-state index is -0.174. The van der Waals surface area contributed by atoms with Gasteiger partial charge in [-0.15, -0.1) is 0 Å². The van der Waals surface area contributed by atoms with E-state index in [1.165, 1.54) is 27.6 Å². The third kappa shape index (κ3) is 2.76. The van der Waals surface area contributed by atoms with Crippen LogP contribution in [0.1, 0.15) is 5.56 Å². The van der Waals surface area contributed by atoms with Gasteiger partial charge in [0.05, 0.1) is 0 Å². The predicted octanol–water partition coefficient (Wildman–Crippen LogP) is 5.74. The Morgan fingerprint density at radius 3 is 2.09 bits per heavy atom. The van der Waals surface area contributed by atoms with E-state index in [1.54, 1.807) is 12.1 Å². The van der Waals surface area contributed by atoms with Crippen molar-refractivity contribution in [1.82, 2.24) is 0 Å². The van der Waals surface area contributed by atoms with Crippen molar-refractivity contribution in [2.45, 2.75) is 6.54 Å². The molecule has 4 rings (SSSR count). The summed E-state index contributed by atoms with van der Waals surface area (Å²) in [5.41, 5.74) is 1.67. The Hall–Kier alpha value is -2.87. The first-order chi connectivity index (χ1) is 11.3. The minimum Gasteiger partial charge on any atom is -0.381 e. The Bertz CT molecular complexity index is 991. The van der Waals surface area contributed by atoms with Crippen LogP contribution >= 0.6 is 0 Å². The lowest BCUT2D eigenvalue weighted by Gasteiger charge is -2.09. The summed E-state index contributed by atoms with van der Waals surface area (Å²) in [7, 11) is 0. The molecule has 1 N–H and O–H groups in total. The first-order valence-electron chi connectivity index (χ1n) is 7.69. The molecule has 0 aliphatic heterocycles. The molecule has 0 unspecified atom stereocenters. The molecule has 0 bridgehead atoms. The van der Waals surface area contributed by atoms with Gasteiger partial charge in [0.25, 0.3) is 0 Å². The fraction of sp³-hybridized carbons (Fsp3) is 0.0476. The van der Waals surface area contributed by atoms with Crippen molar-refractivity contribution < 1.29 is 4.39 Å². The third-order valence-corrected chi connectivity index (χ3v) is 4.15. The third-order valence-electron chi connectivity index (χ3n) is 4.15. The molecule has 112 valence electrons. The van der Waals surface area contributed by atoms with Crippen LogP contribution in [0.5, 0.6) is 0 Å². The number of rotatable bonds is 3. The highest BCUT2D eigenvalue weighted by Crippen LogP contribution is 2.25. The molecule has 0 spiro atoms. The van der Waals surface area contributed by atoms with Crippen LogP contribution < -0.4 is 5.32 Å². The number of benzene rings is 4. The average molecular weight is 301 g/mol. The number of anilines is 1. The number of nitrogens with one attached hydrogen (secondary N) is 1. The standard InChI is InChI=1S/C21H16FN/c22-21-8-4-3-7-18(21)14-23-20-10-9-17-11-15-5-1-2-6-16(15)12-19(17)13-20/h1-13,23H,14H2. The van der Waals surface area contributed by atoms with E-state index in [0.717, 1.165) is 5.69 Å². The van der Waals surface area contributed by atoms with E-state index in [9.17, 15) is 4.39 Å². The summed E-state index contributed by atoms with van der Waals surface area (Å²) in [5.74, 6) is -0.174. The molecule has 0 saturated carbocycles. The van der Waals surface area contributed by atoms with Gasteiger partial charge in [0.2, 0.25) is 0 Å². The smallest absolute Gasteiger partial charge is 0.128 e. The van der Waals surface area contributed by atoms with E-state index in [-0.39, 0.29) is 5.82 Å². The van der Waals surface area contributed by atoms with Gasteiger partial charge in [0.15, 0.2) is 0 Å². The highest BCUT2D eigenvalue weighted by Gasteiger charge is 2.02. The number of hydrogen-bond donors (Lipinski definition) is 1. The van der Waals surface area contributed by atoms with Gasteiger partial charge in [0.1, 0.15) is 5.82 Å². The van der Waals surface area contributed by atoms with Crippen molar-refractivity contribution in [1.29, 1.82) is 0 Å². The van der Waals surface area contributed by atoms with Crippen molar-refractivity contribution in [3.63, 3.8) is 0 Å². The van der Waals surface area contributed by atoms with Crippen LogP contribution in [0.3, 0.4) is 0 Å². The molecule has 0 atom stereocenters. The summed E-state index contributed by atoms with van der Waals surface area (Å²) in [6, 6.07) is 25.9. The lowest BCUT2D eigenvalue weighted by atomic mass is 10.0. The molecule has 23 heavy (non-hydrogen) atoms. The Morgan fingerprint density at radius 2 is 1.30 bits per heavy atom. The Kier molecular flexibility index (Phi) is 3.43. The number of halogens is 1. The lowest BCUT2D eigenvalue weighted by Crippen LogP contribution is -2.01. The first kappa shape index (κ1) is 13.8. The SMILES string of the molecule is Fc1ccccc1CNc1ccc2cc3ccccc3cc2c1. The number of fused-ring (bicyclic) bond motifs is 2. The molecule has 0 heterocycles. The molecule has 1 nitrogen and oxygen atoms in total. The van der Waals surface area contributed by atoms with Crippen LogP contribution in [0.2, 0.25) is 0 Å². The summed E-state index contributed by atoms with van der Waals surface area (Å²) in [6.45, 7) is 0.478. The average Bonchev–Trinajstić information content (AvgIpc) is 2.59. The van der Waals surface area contributed by atoms with Gasteiger partial charge in [-0.05, 0) is 51.9 Å². The Morgan fingerprint density at radius 1 is 0.652 bits per heavy atom. The van der Waals surface area contributed by atoms with Crippen LogP contribution in [0.4, 0.5) is 10.1 Å². The molecule has 0 fully saturated rings. The van der Waals surface area contributed by atoms with Crippen molar-refractivity contribution in [3.05, 3.63) is 90.2 Å². The van der Waals surface area contributed by atoms with Gasteiger partial charge < -0.3 is 5.32 Å². The molecular formula is C21H16FN. The van der Waals surface area contributed by atoms with Crippen LogP contribution in [0.15, 0.2) is 78.9 Å². The van der Waals surface area contributed by atoms with Crippen molar-refractivity contribution in [2.24, 2.45) is 0 Å². The molecule has 0 amide bonds. The van der Waals surface area contributed by atoms with E-state index in [0.29, 0.717) is 12.1 Å². The zero-order chi connectivity index (χ0) is 15.6. The monoisotopic (exact) mass is 301 g/mol. The normalized spacial score (nSPS) is 11.0. The number of hydrogen-bond acceptors (Lipinski definition) is 1. The second-order valence-corrected chi connectivity index (χ2v) is 5.71. The second-order valence-electron chi connectivity index (χ2n) is 5.71. The molecule has 0 aliphatic carbocycles. The molecular weight excluding hydrogens is 285 g/mol. The van der Waals surface area contributed by atoms with E-state index in [1.807, 2.05) is 12.1 Å². The summed E-state index contributed by atoms with van der Waals surface area (Å²) in [5, 5.41) is 8.16. The maximum Gasteiger partial charge on any atom is 0.128 e. The van der Waals surface area contributed by atoms with Crippen molar-refractivity contribution in [2.75, 3.05) is 5.32 Å². The van der Waals surface area contributed by atoms with E-state index in [2.05, 4.69) is 53.8 Å². The fourth-order valence-corrected chi connectivity index (χ4v) is 2.89. The van der Waals surface area contributed by atoms with Gasteiger partial charge in [-0.1, -0.05) is 48.5 Å². The Labute approximate surface area is 134 Å².